The van der Waals surface area contributed by atoms with Crippen LogP contribution in [0.1, 0.15) is 37.7 Å². The molecular formula is C16H22N2O. The average Bonchev–Trinajstić information content (AvgIpc) is 2.77. The monoisotopic (exact) mass is 258 g/mol. The van der Waals surface area contributed by atoms with Crippen LogP contribution < -0.4 is 5.73 Å². The van der Waals surface area contributed by atoms with E-state index in [1.165, 1.54) is 17.5 Å². The SMILES string of the molecule is Cc1ccc(C(C)(C)C)cc1-c1ncoc1CCN. The molecule has 0 bridgehead atoms. The fourth-order valence-electron chi connectivity index (χ4n) is 2.14. The van der Waals surface area contributed by atoms with Crippen LogP contribution in [0, 0.1) is 6.92 Å². The molecule has 0 spiro atoms. The van der Waals surface area contributed by atoms with E-state index in [0.717, 1.165) is 17.0 Å². The molecule has 1 aromatic heterocycles. The molecule has 19 heavy (non-hydrogen) atoms. The topological polar surface area (TPSA) is 52.0 Å². The van der Waals surface area contributed by atoms with E-state index in [1.807, 2.05) is 0 Å². The van der Waals surface area contributed by atoms with E-state index in [1.54, 1.807) is 0 Å². The zero-order valence-electron chi connectivity index (χ0n) is 12.2. The molecule has 0 saturated carbocycles. The molecule has 3 nitrogen and oxygen atoms in total. The fourth-order valence-corrected chi connectivity index (χ4v) is 2.14. The number of benzene rings is 1. The predicted octanol–water partition coefficient (Wildman–Crippen LogP) is 3.45. The maximum Gasteiger partial charge on any atom is 0.181 e. The number of aryl methyl sites for hydroxylation is 1. The summed E-state index contributed by atoms with van der Waals surface area (Å²) >= 11 is 0. The fraction of sp³-hybridized carbons (Fsp3) is 0.438. The summed E-state index contributed by atoms with van der Waals surface area (Å²) in [6, 6.07) is 6.55. The lowest BCUT2D eigenvalue weighted by atomic mass is 9.84. The standard InChI is InChI=1S/C16H22N2O/c1-11-5-6-12(16(2,3)4)9-13(11)15-14(7-8-17)19-10-18-15/h5-6,9-10H,7-8,17H2,1-4H3. The van der Waals surface area contributed by atoms with Crippen LogP contribution in [0.15, 0.2) is 29.0 Å². The van der Waals surface area contributed by atoms with Crippen molar-refractivity contribution in [2.45, 2.75) is 39.5 Å². The van der Waals surface area contributed by atoms with Gasteiger partial charge in [-0.1, -0.05) is 32.9 Å². The van der Waals surface area contributed by atoms with Gasteiger partial charge >= 0.3 is 0 Å². The van der Waals surface area contributed by atoms with Crippen LogP contribution in [-0.2, 0) is 11.8 Å². The van der Waals surface area contributed by atoms with Crippen LogP contribution in [0.2, 0.25) is 0 Å². The molecule has 102 valence electrons. The van der Waals surface area contributed by atoms with Gasteiger partial charge in [0, 0.05) is 12.0 Å². The second-order valence-electron chi connectivity index (χ2n) is 5.94. The van der Waals surface area contributed by atoms with E-state index in [-0.39, 0.29) is 5.41 Å². The lowest BCUT2D eigenvalue weighted by molar-refractivity contribution is 0.506. The number of aromatic nitrogens is 1. The summed E-state index contributed by atoms with van der Waals surface area (Å²) in [5, 5.41) is 0. The summed E-state index contributed by atoms with van der Waals surface area (Å²) < 4.78 is 5.45. The third kappa shape index (κ3) is 2.87. The molecule has 0 fully saturated rings. The van der Waals surface area contributed by atoms with E-state index in [2.05, 4.69) is 50.9 Å². The third-order valence-corrected chi connectivity index (χ3v) is 3.37. The summed E-state index contributed by atoms with van der Waals surface area (Å²) in [6.45, 7) is 9.31. The highest BCUT2D eigenvalue weighted by Crippen LogP contribution is 2.31. The van der Waals surface area contributed by atoms with Gasteiger partial charge in [-0.05, 0) is 36.1 Å². The predicted molar refractivity (Wildman–Crippen MR) is 78.1 cm³/mol. The van der Waals surface area contributed by atoms with Gasteiger partial charge in [-0.2, -0.15) is 0 Å². The van der Waals surface area contributed by atoms with Crippen LogP contribution in [0.3, 0.4) is 0 Å². The van der Waals surface area contributed by atoms with Crippen molar-refractivity contribution < 1.29 is 4.42 Å². The first-order valence-electron chi connectivity index (χ1n) is 6.67. The van der Waals surface area contributed by atoms with Gasteiger partial charge in [-0.25, -0.2) is 4.98 Å². The molecular weight excluding hydrogens is 236 g/mol. The minimum Gasteiger partial charge on any atom is -0.448 e. The molecule has 0 aliphatic heterocycles. The van der Waals surface area contributed by atoms with Crippen molar-refractivity contribution in [3.63, 3.8) is 0 Å². The maximum atomic E-state index is 5.62. The summed E-state index contributed by atoms with van der Waals surface area (Å²) in [5.74, 6) is 0.872. The molecule has 0 radical (unpaired) electrons. The summed E-state index contributed by atoms with van der Waals surface area (Å²) in [6.07, 6.45) is 2.22. The Morgan fingerprint density at radius 1 is 1.26 bits per heavy atom. The Kier molecular flexibility index (Phi) is 3.76. The molecule has 0 unspecified atom stereocenters. The highest BCUT2D eigenvalue weighted by atomic mass is 16.3. The van der Waals surface area contributed by atoms with E-state index >= 15 is 0 Å². The van der Waals surface area contributed by atoms with Crippen molar-refractivity contribution in [1.29, 1.82) is 0 Å². The smallest absolute Gasteiger partial charge is 0.181 e. The van der Waals surface area contributed by atoms with Gasteiger partial charge in [-0.3, -0.25) is 0 Å². The largest absolute Gasteiger partial charge is 0.448 e. The number of hydrogen-bond donors (Lipinski definition) is 1. The first-order valence-corrected chi connectivity index (χ1v) is 6.67. The molecule has 0 saturated heterocycles. The average molecular weight is 258 g/mol. The van der Waals surface area contributed by atoms with Crippen molar-refractivity contribution in [3.05, 3.63) is 41.5 Å². The first-order chi connectivity index (χ1) is 8.93. The second-order valence-corrected chi connectivity index (χ2v) is 5.94. The van der Waals surface area contributed by atoms with Crippen LogP contribution >= 0.6 is 0 Å². The minimum absolute atomic E-state index is 0.125. The van der Waals surface area contributed by atoms with E-state index in [4.69, 9.17) is 10.2 Å². The molecule has 1 aromatic carbocycles. The van der Waals surface area contributed by atoms with Crippen LogP contribution in [-0.4, -0.2) is 11.5 Å². The molecule has 0 atom stereocenters. The van der Waals surface area contributed by atoms with Crippen molar-refractivity contribution in [1.82, 2.24) is 4.98 Å². The molecule has 1 heterocycles. The number of nitrogens with zero attached hydrogens (tertiary/aromatic N) is 1. The normalized spacial score (nSPS) is 11.8. The molecule has 2 aromatic rings. The molecule has 0 aliphatic carbocycles. The molecule has 2 N–H and O–H groups in total. The lowest BCUT2D eigenvalue weighted by Crippen LogP contribution is -2.11. The van der Waals surface area contributed by atoms with Gasteiger partial charge in [0.15, 0.2) is 6.39 Å². The number of hydrogen-bond acceptors (Lipinski definition) is 3. The lowest BCUT2D eigenvalue weighted by Gasteiger charge is -2.20. The Bertz CT molecular complexity index is 564. The maximum absolute atomic E-state index is 5.62. The number of oxazole rings is 1. The summed E-state index contributed by atoms with van der Waals surface area (Å²) in [5.41, 5.74) is 10.3. The minimum atomic E-state index is 0.125. The van der Waals surface area contributed by atoms with Gasteiger partial charge in [-0.15, -0.1) is 0 Å². The Hall–Kier alpha value is -1.61. The number of rotatable bonds is 3. The Morgan fingerprint density at radius 2 is 2.00 bits per heavy atom. The number of nitrogens with two attached hydrogens (primary N) is 1. The zero-order valence-corrected chi connectivity index (χ0v) is 12.2. The molecule has 2 rings (SSSR count). The first kappa shape index (κ1) is 13.8. The third-order valence-electron chi connectivity index (χ3n) is 3.37. The van der Waals surface area contributed by atoms with Crippen LogP contribution in [0.5, 0.6) is 0 Å². The zero-order chi connectivity index (χ0) is 14.0. The Morgan fingerprint density at radius 3 is 2.63 bits per heavy atom. The van der Waals surface area contributed by atoms with Crippen molar-refractivity contribution in [2.75, 3.05) is 6.54 Å². The van der Waals surface area contributed by atoms with Crippen molar-refractivity contribution in [2.24, 2.45) is 5.73 Å². The highest BCUT2D eigenvalue weighted by Gasteiger charge is 2.18. The van der Waals surface area contributed by atoms with E-state index in [9.17, 15) is 0 Å². The van der Waals surface area contributed by atoms with Gasteiger partial charge < -0.3 is 10.2 Å². The Balaban J connectivity index is 2.52. The van der Waals surface area contributed by atoms with Gasteiger partial charge in [0.05, 0.1) is 0 Å². The van der Waals surface area contributed by atoms with Crippen molar-refractivity contribution >= 4 is 0 Å². The van der Waals surface area contributed by atoms with Crippen molar-refractivity contribution in [3.8, 4) is 11.3 Å². The van der Waals surface area contributed by atoms with Gasteiger partial charge in [0.25, 0.3) is 0 Å². The molecule has 3 heteroatoms. The highest BCUT2D eigenvalue weighted by molar-refractivity contribution is 5.66. The molecule has 0 amide bonds. The van der Waals surface area contributed by atoms with E-state index in [0.29, 0.717) is 13.0 Å². The summed E-state index contributed by atoms with van der Waals surface area (Å²) in [4.78, 5) is 4.37. The molecule has 0 aliphatic rings. The van der Waals surface area contributed by atoms with E-state index < -0.39 is 0 Å². The van der Waals surface area contributed by atoms with Gasteiger partial charge in [0.2, 0.25) is 0 Å². The quantitative estimate of drug-likeness (QED) is 0.917. The van der Waals surface area contributed by atoms with Crippen LogP contribution in [0.4, 0.5) is 0 Å². The van der Waals surface area contributed by atoms with Gasteiger partial charge in [0.1, 0.15) is 11.5 Å². The summed E-state index contributed by atoms with van der Waals surface area (Å²) in [7, 11) is 0. The van der Waals surface area contributed by atoms with Crippen LogP contribution in [0.25, 0.3) is 11.3 Å². The Labute approximate surface area is 114 Å². The second kappa shape index (κ2) is 5.17.